The highest BCUT2D eigenvalue weighted by molar-refractivity contribution is 7.89. The third-order valence-corrected chi connectivity index (χ3v) is 4.87. The first kappa shape index (κ1) is 17.9. The summed E-state index contributed by atoms with van der Waals surface area (Å²) in [6, 6.07) is 1.18. The largest absolute Gasteiger partial charge is 0.389 e. The van der Waals surface area contributed by atoms with Gasteiger partial charge in [-0.2, -0.15) is 18.6 Å². The lowest BCUT2D eigenvalue weighted by molar-refractivity contribution is -0.389. The predicted molar refractivity (Wildman–Crippen MR) is 77.0 cm³/mol. The first-order valence-corrected chi connectivity index (χ1v) is 8.13. The molecule has 2 aromatic heterocycles. The first-order chi connectivity index (χ1) is 11.1. The highest BCUT2D eigenvalue weighted by Gasteiger charge is 2.26. The molecule has 0 aliphatic carbocycles. The van der Waals surface area contributed by atoms with Gasteiger partial charge in [-0.1, -0.05) is 0 Å². The molecule has 10 nitrogen and oxygen atoms in total. The zero-order valence-electron chi connectivity index (χ0n) is 12.7. The van der Waals surface area contributed by atoms with E-state index in [1.54, 1.807) is 0 Å². The van der Waals surface area contributed by atoms with Crippen LogP contribution in [-0.2, 0) is 16.6 Å². The molecule has 0 amide bonds. The fourth-order valence-corrected chi connectivity index (χ4v) is 3.58. The van der Waals surface area contributed by atoms with Crippen LogP contribution in [0.2, 0.25) is 0 Å². The third kappa shape index (κ3) is 3.56. The molecule has 0 radical (unpaired) electrons. The molecule has 0 atom stereocenters. The highest BCUT2D eigenvalue weighted by Crippen LogP contribution is 2.23. The van der Waals surface area contributed by atoms with E-state index in [1.165, 1.54) is 30.8 Å². The maximum Gasteiger partial charge on any atom is 0.389 e. The zero-order chi connectivity index (χ0) is 18.1. The van der Waals surface area contributed by atoms with Crippen molar-refractivity contribution in [3.63, 3.8) is 0 Å². The Balaban J connectivity index is 2.10. The van der Waals surface area contributed by atoms with Crippen molar-refractivity contribution in [2.45, 2.75) is 31.8 Å². The summed E-state index contributed by atoms with van der Waals surface area (Å²) in [7, 11) is -4.06. The van der Waals surface area contributed by atoms with Crippen molar-refractivity contribution >= 4 is 15.8 Å². The summed E-state index contributed by atoms with van der Waals surface area (Å²) in [6.07, 6.45) is 1.33. The molecular weight excluding hydrogens is 350 g/mol. The summed E-state index contributed by atoms with van der Waals surface area (Å²) in [4.78, 5) is 9.53. The fourth-order valence-electron chi connectivity index (χ4n) is 2.17. The molecule has 0 aliphatic heterocycles. The van der Waals surface area contributed by atoms with Gasteiger partial charge in [-0.25, -0.2) is 17.8 Å². The van der Waals surface area contributed by atoms with Gasteiger partial charge in [0.2, 0.25) is 10.0 Å². The number of aryl methyl sites for hydroxylation is 1. The number of nitrogens with one attached hydrogen (secondary N) is 1. The second-order valence-corrected chi connectivity index (χ2v) is 6.52. The van der Waals surface area contributed by atoms with Crippen molar-refractivity contribution in [3.8, 4) is 0 Å². The van der Waals surface area contributed by atoms with Gasteiger partial charge >= 0.3 is 12.4 Å². The SMILES string of the molecule is Cc1nn(C(F)F)c(C)c1S(=O)(=O)NCCn1ccc([N+](=O)[O-])n1. The lowest BCUT2D eigenvalue weighted by Gasteiger charge is -2.07. The average molecular weight is 364 g/mol. The molecule has 13 heteroatoms. The van der Waals surface area contributed by atoms with E-state index < -0.39 is 21.5 Å². The Kier molecular flexibility index (Phi) is 4.94. The molecule has 0 bridgehead atoms. The smallest absolute Gasteiger partial charge is 0.358 e. The summed E-state index contributed by atoms with van der Waals surface area (Å²) in [5.41, 5.74) is -0.222. The monoisotopic (exact) mass is 364 g/mol. The van der Waals surface area contributed by atoms with E-state index in [2.05, 4.69) is 14.9 Å². The molecule has 24 heavy (non-hydrogen) atoms. The van der Waals surface area contributed by atoms with E-state index in [1.807, 2.05) is 0 Å². The van der Waals surface area contributed by atoms with Gasteiger partial charge in [-0.15, -0.1) is 0 Å². The van der Waals surface area contributed by atoms with E-state index in [-0.39, 0.29) is 35.2 Å². The molecule has 0 spiro atoms. The predicted octanol–water partition coefficient (Wildman–Crippen LogP) is 0.978. The lowest BCUT2D eigenvalue weighted by Crippen LogP contribution is -2.28. The number of halogens is 2. The summed E-state index contributed by atoms with van der Waals surface area (Å²) < 4.78 is 53.8. The number of nitrogens with zero attached hydrogens (tertiary/aromatic N) is 5. The van der Waals surface area contributed by atoms with Crippen LogP contribution >= 0.6 is 0 Å². The number of rotatable bonds is 7. The minimum absolute atomic E-state index is 0.0359. The lowest BCUT2D eigenvalue weighted by atomic mass is 10.4. The normalized spacial score (nSPS) is 12.0. The van der Waals surface area contributed by atoms with Crippen molar-refractivity contribution < 1.29 is 22.1 Å². The van der Waals surface area contributed by atoms with Gasteiger partial charge in [-0.3, -0.25) is 0 Å². The van der Waals surface area contributed by atoms with E-state index in [0.29, 0.717) is 4.68 Å². The van der Waals surface area contributed by atoms with Crippen LogP contribution in [0.15, 0.2) is 17.2 Å². The number of aromatic nitrogens is 4. The number of alkyl halides is 2. The molecule has 0 aliphatic rings. The molecule has 2 heterocycles. The molecule has 0 saturated heterocycles. The van der Waals surface area contributed by atoms with Crippen LogP contribution in [0.5, 0.6) is 0 Å². The zero-order valence-corrected chi connectivity index (χ0v) is 13.5. The molecule has 0 fully saturated rings. The van der Waals surface area contributed by atoms with Crippen LogP contribution in [-0.4, -0.2) is 39.4 Å². The minimum Gasteiger partial charge on any atom is -0.358 e. The second kappa shape index (κ2) is 6.60. The standard InChI is InChI=1S/C11H14F2N6O4S/c1-7-10(8(2)18(15-7)11(12)13)24(22,23)14-4-6-17-5-3-9(16-17)19(20)21/h3,5,11,14H,4,6H2,1-2H3. The Morgan fingerprint density at radius 3 is 2.54 bits per heavy atom. The van der Waals surface area contributed by atoms with Crippen LogP contribution in [0, 0.1) is 24.0 Å². The number of nitro groups is 1. The molecule has 2 rings (SSSR count). The van der Waals surface area contributed by atoms with Gasteiger partial charge in [0.05, 0.1) is 35.3 Å². The molecule has 0 aromatic carbocycles. The summed E-state index contributed by atoms with van der Waals surface area (Å²) in [5, 5.41) is 17.7. The van der Waals surface area contributed by atoms with Gasteiger partial charge in [0, 0.05) is 6.54 Å². The Morgan fingerprint density at radius 2 is 2.04 bits per heavy atom. The van der Waals surface area contributed by atoms with Crippen molar-refractivity contribution in [1.82, 2.24) is 24.3 Å². The minimum atomic E-state index is -4.06. The van der Waals surface area contributed by atoms with E-state index in [0.717, 1.165) is 0 Å². The fraction of sp³-hybridized carbons (Fsp3) is 0.455. The van der Waals surface area contributed by atoms with Crippen molar-refractivity contribution in [2.24, 2.45) is 0 Å². The first-order valence-electron chi connectivity index (χ1n) is 6.65. The maximum atomic E-state index is 12.8. The van der Waals surface area contributed by atoms with E-state index in [4.69, 9.17) is 0 Å². The van der Waals surface area contributed by atoms with Crippen LogP contribution < -0.4 is 4.72 Å². The average Bonchev–Trinajstić information content (AvgIpc) is 3.03. The van der Waals surface area contributed by atoms with Crippen molar-refractivity contribution in [3.05, 3.63) is 33.8 Å². The van der Waals surface area contributed by atoms with Gasteiger partial charge in [-0.05, 0) is 18.8 Å². The molecule has 0 saturated carbocycles. The Morgan fingerprint density at radius 1 is 1.38 bits per heavy atom. The second-order valence-electron chi connectivity index (χ2n) is 4.81. The topological polar surface area (TPSA) is 125 Å². The van der Waals surface area contributed by atoms with Gasteiger partial charge < -0.3 is 10.1 Å². The number of hydrogen-bond acceptors (Lipinski definition) is 6. The van der Waals surface area contributed by atoms with Gasteiger partial charge in [0.1, 0.15) is 4.90 Å². The van der Waals surface area contributed by atoms with E-state index >= 15 is 0 Å². The van der Waals surface area contributed by atoms with Crippen LogP contribution in [0.1, 0.15) is 17.9 Å². The van der Waals surface area contributed by atoms with E-state index in [9.17, 15) is 27.3 Å². The maximum absolute atomic E-state index is 12.8. The Labute approximate surface area is 135 Å². The summed E-state index contributed by atoms with van der Waals surface area (Å²) >= 11 is 0. The van der Waals surface area contributed by atoms with Crippen LogP contribution in [0.3, 0.4) is 0 Å². The third-order valence-electron chi connectivity index (χ3n) is 3.16. The van der Waals surface area contributed by atoms with Gasteiger partial charge in [0.25, 0.3) is 0 Å². The summed E-state index contributed by atoms with van der Waals surface area (Å²) in [5.74, 6) is -0.359. The van der Waals surface area contributed by atoms with Gasteiger partial charge in [0.15, 0.2) is 0 Å². The highest BCUT2D eigenvalue weighted by atomic mass is 32.2. The number of hydrogen-bond donors (Lipinski definition) is 1. The number of sulfonamides is 1. The quantitative estimate of drug-likeness (QED) is 0.577. The molecule has 1 N–H and O–H groups in total. The van der Waals surface area contributed by atoms with Crippen molar-refractivity contribution in [1.29, 1.82) is 0 Å². The van der Waals surface area contributed by atoms with Crippen LogP contribution in [0.25, 0.3) is 0 Å². The summed E-state index contributed by atoms with van der Waals surface area (Å²) in [6.45, 7) is -0.486. The Bertz CT molecular complexity index is 860. The molecule has 2 aromatic rings. The molecule has 0 unspecified atom stereocenters. The molecule has 132 valence electrons. The molecular formula is C11H14F2N6O4S. The van der Waals surface area contributed by atoms with Crippen molar-refractivity contribution in [2.75, 3.05) is 6.54 Å². The Hall–Kier alpha value is -2.41. The van der Waals surface area contributed by atoms with Crippen LogP contribution in [0.4, 0.5) is 14.6 Å².